The molecule has 0 heterocycles. The van der Waals surface area contributed by atoms with Crippen LogP contribution in [0.1, 0.15) is 27.6 Å². The maximum absolute atomic E-state index is 12.0. The number of halogens is 1. The van der Waals surface area contributed by atoms with E-state index >= 15 is 0 Å². The molecule has 0 bridgehead atoms. The van der Waals surface area contributed by atoms with Gasteiger partial charge in [0.25, 0.3) is 11.8 Å². The van der Waals surface area contributed by atoms with Gasteiger partial charge >= 0.3 is 0 Å². The molecule has 23 heavy (non-hydrogen) atoms. The van der Waals surface area contributed by atoms with Crippen molar-refractivity contribution in [1.29, 1.82) is 0 Å². The molecule has 0 unspecified atom stereocenters. The van der Waals surface area contributed by atoms with Crippen molar-refractivity contribution in [2.75, 3.05) is 5.32 Å². The Balaban J connectivity index is 1.99. The quantitative estimate of drug-likeness (QED) is 0.755. The maximum atomic E-state index is 12.0. The molecule has 0 saturated carbocycles. The first kappa shape index (κ1) is 16.5. The molecule has 7 heteroatoms. The van der Waals surface area contributed by atoms with E-state index in [1.165, 1.54) is 19.1 Å². The van der Waals surface area contributed by atoms with Gasteiger partial charge in [-0.3, -0.25) is 25.2 Å². The Morgan fingerprint density at radius 1 is 0.870 bits per heavy atom. The standard InChI is InChI=1S/C16H14ClN3O3/c1-10(21)18-14-7-3-5-12(9-14)16(23)20-19-15(22)11-4-2-6-13(17)8-11/h2-9H,1H3,(H,18,21)(H,19,22)(H,20,23). The fraction of sp³-hybridized carbons (Fsp3) is 0.0625. The Hall–Kier alpha value is -2.86. The molecule has 0 radical (unpaired) electrons. The zero-order valence-electron chi connectivity index (χ0n) is 12.2. The number of benzene rings is 2. The second-order valence-electron chi connectivity index (χ2n) is 4.68. The fourth-order valence-corrected chi connectivity index (χ4v) is 2.02. The van der Waals surface area contributed by atoms with E-state index in [4.69, 9.17) is 11.6 Å². The molecule has 118 valence electrons. The van der Waals surface area contributed by atoms with E-state index in [0.29, 0.717) is 21.8 Å². The smallest absolute Gasteiger partial charge is 0.269 e. The lowest BCUT2D eigenvalue weighted by Gasteiger charge is -2.09. The molecular formula is C16H14ClN3O3. The van der Waals surface area contributed by atoms with Crippen molar-refractivity contribution in [1.82, 2.24) is 10.9 Å². The van der Waals surface area contributed by atoms with Gasteiger partial charge in [-0.2, -0.15) is 0 Å². The second kappa shape index (κ2) is 7.42. The summed E-state index contributed by atoms with van der Waals surface area (Å²) in [6, 6.07) is 12.7. The van der Waals surface area contributed by atoms with Crippen LogP contribution < -0.4 is 16.2 Å². The van der Waals surface area contributed by atoms with Crippen molar-refractivity contribution in [2.45, 2.75) is 6.92 Å². The van der Waals surface area contributed by atoms with Crippen LogP contribution in [0.4, 0.5) is 5.69 Å². The van der Waals surface area contributed by atoms with Crippen LogP contribution in [0.3, 0.4) is 0 Å². The van der Waals surface area contributed by atoms with Gasteiger partial charge in [0.1, 0.15) is 0 Å². The van der Waals surface area contributed by atoms with Crippen LogP contribution in [0.5, 0.6) is 0 Å². The average molecular weight is 332 g/mol. The molecule has 3 amide bonds. The highest BCUT2D eigenvalue weighted by atomic mass is 35.5. The Bertz CT molecular complexity index is 762. The van der Waals surface area contributed by atoms with Crippen LogP contribution in [0, 0.1) is 0 Å². The summed E-state index contributed by atoms with van der Waals surface area (Å²) >= 11 is 5.80. The summed E-state index contributed by atoms with van der Waals surface area (Å²) < 4.78 is 0. The zero-order chi connectivity index (χ0) is 16.8. The first-order chi connectivity index (χ1) is 11.0. The van der Waals surface area contributed by atoms with Crippen LogP contribution in [-0.4, -0.2) is 17.7 Å². The third kappa shape index (κ3) is 4.82. The normalized spacial score (nSPS) is 9.83. The first-order valence-electron chi connectivity index (χ1n) is 6.69. The van der Waals surface area contributed by atoms with Gasteiger partial charge in [-0.25, -0.2) is 0 Å². The lowest BCUT2D eigenvalue weighted by atomic mass is 10.2. The molecule has 0 fully saturated rings. The predicted octanol–water partition coefficient (Wildman–Crippen LogP) is 2.37. The molecule has 0 spiro atoms. The highest BCUT2D eigenvalue weighted by molar-refractivity contribution is 6.31. The minimum atomic E-state index is -0.507. The monoisotopic (exact) mass is 331 g/mol. The number of nitrogens with one attached hydrogen (secondary N) is 3. The number of anilines is 1. The number of rotatable bonds is 3. The zero-order valence-corrected chi connectivity index (χ0v) is 13.0. The van der Waals surface area contributed by atoms with E-state index in [0.717, 1.165) is 0 Å². The molecule has 0 saturated heterocycles. The molecule has 0 aliphatic carbocycles. The second-order valence-corrected chi connectivity index (χ2v) is 5.12. The lowest BCUT2D eigenvalue weighted by molar-refractivity contribution is -0.114. The van der Waals surface area contributed by atoms with E-state index in [1.807, 2.05) is 0 Å². The first-order valence-corrected chi connectivity index (χ1v) is 7.07. The number of hydrazine groups is 1. The van der Waals surface area contributed by atoms with Gasteiger partial charge in [-0.15, -0.1) is 0 Å². The SMILES string of the molecule is CC(=O)Nc1cccc(C(=O)NNC(=O)c2cccc(Cl)c2)c1. The van der Waals surface area contributed by atoms with Crippen molar-refractivity contribution in [3.63, 3.8) is 0 Å². The van der Waals surface area contributed by atoms with Crippen LogP contribution in [-0.2, 0) is 4.79 Å². The Labute approximate surface area is 137 Å². The number of hydrogen-bond donors (Lipinski definition) is 3. The summed E-state index contributed by atoms with van der Waals surface area (Å²) in [7, 11) is 0. The van der Waals surface area contributed by atoms with Crippen molar-refractivity contribution >= 4 is 35.0 Å². The van der Waals surface area contributed by atoms with Gasteiger partial charge in [-0.05, 0) is 36.4 Å². The summed E-state index contributed by atoms with van der Waals surface area (Å²) in [6.07, 6.45) is 0. The summed E-state index contributed by atoms with van der Waals surface area (Å²) in [5.41, 5.74) is 5.71. The van der Waals surface area contributed by atoms with Crippen molar-refractivity contribution < 1.29 is 14.4 Å². The predicted molar refractivity (Wildman–Crippen MR) is 87.1 cm³/mol. The molecule has 0 aromatic heterocycles. The lowest BCUT2D eigenvalue weighted by Crippen LogP contribution is -2.41. The summed E-state index contributed by atoms with van der Waals surface area (Å²) in [4.78, 5) is 34.9. The molecule has 6 nitrogen and oxygen atoms in total. The Morgan fingerprint density at radius 3 is 2.00 bits per heavy atom. The Kier molecular flexibility index (Phi) is 5.32. The third-order valence-electron chi connectivity index (χ3n) is 2.82. The van der Waals surface area contributed by atoms with Gasteiger partial charge in [0.05, 0.1) is 0 Å². The molecule has 0 aliphatic rings. The highest BCUT2D eigenvalue weighted by Gasteiger charge is 2.10. The van der Waals surface area contributed by atoms with Gasteiger partial charge in [0.2, 0.25) is 5.91 Å². The number of amides is 3. The van der Waals surface area contributed by atoms with Crippen LogP contribution in [0.25, 0.3) is 0 Å². The molecule has 0 atom stereocenters. The molecule has 2 aromatic carbocycles. The average Bonchev–Trinajstić information content (AvgIpc) is 2.52. The maximum Gasteiger partial charge on any atom is 0.269 e. The molecule has 3 N–H and O–H groups in total. The highest BCUT2D eigenvalue weighted by Crippen LogP contribution is 2.11. The van der Waals surface area contributed by atoms with Gasteiger partial charge in [-0.1, -0.05) is 23.7 Å². The fourth-order valence-electron chi connectivity index (χ4n) is 1.83. The topological polar surface area (TPSA) is 87.3 Å². The van der Waals surface area contributed by atoms with Crippen LogP contribution in [0.2, 0.25) is 5.02 Å². The minimum Gasteiger partial charge on any atom is -0.326 e. The summed E-state index contributed by atoms with van der Waals surface area (Å²) in [5, 5.41) is 3.00. The van der Waals surface area contributed by atoms with E-state index < -0.39 is 11.8 Å². The van der Waals surface area contributed by atoms with Gasteiger partial charge in [0, 0.05) is 28.8 Å². The number of carbonyl (C=O) groups excluding carboxylic acids is 3. The van der Waals surface area contributed by atoms with Crippen LogP contribution >= 0.6 is 11.6 Å². The van der Waals surface area contributed by atoms with Crippen LogP contribution in [0.15, 0.2) is 48.5 Å². The minimum absolute atomic E-state index is 0.239. The number of carbonyl (C=O) groups is 3. The molecule has 2 rings (SSSR count). The largest absolute Gasteiger partial charge is 0.326 e. The van der Waals surface area contributed by atoms with Crippen molar-refractivity contribution in [3.8, 4) is 0 Å². The van der Waals surface area contributed by atoms with Gasteiger partial charge < -0.3 is 5.32 Å². The van der Waals surface area contributed by atoms with E-state index in [2.05, 4.69) is 16.2 Å². The molecular weight excluding hydrogens is 318 g/mol. The van der Waals surface area contributed by atoms with Crippen molar-refractivity contribution in [3.05, 3.63) is 64.7 Å². The molecule has 2 aromatic rings. The Morgan fingerprint density at radius 2 is 1.43 bits per heavy atom. The molecule has 0 aliphatic heterocycles. The summed E-state index contributed by atoms with van der Waals surface area (Å²) in [5.74, 6) is -1.23. The van der Waals surface area contributed by atoms with Crippen molar-refractivity contribution in [2.24, 2.45) is 0 Å². The summed E-state index contributed by atoms with van der Waals surface area (Å²) in [6.45, 7) is 1.37. The third-order valence-corrected chi connectivity index (χ3v) is 3.06. The van der Waals surface area contributed by atoms with E-state index in [-0.39, 0.29) is 5.91 Å². The van der Waals surface area contributed by atoms with Gasteiger partial charge in [0.15, 0.2) is 0 Å². The van der Waals surface area contributed by atoms with E-state index in [1.54, 1.807) is 36.4 Å². The van der Waals surface area contributed by atoms with E-state index in [9.17, 15) is 14.4 Å². The number of hydrogen-bond acceptors (Lipinski definition) is 3.